The summed E-state index contributed by atoms with van der Waals surface area (Å²) in [6.45, 7) is 5.93. The molecule has 3 rings (SSSR count). The van der Waals surface area contributed by atoms with Gasteiger partial charge in [-0.25, -0.2) is 4.63 Å². The van der Waals surface area contributed by atoms with Crippen LogP contribution < -0.4 is 9.64 Å². The van der Waals surface area contributed by atoms with Crippen LogP contribution in [0.2, 0.25) is 0 Å². The average Bonchev–Trinajstić information content (AvgIpc) is 2.70. The SMILES string of the molecule is CC(=O)N1CC(C)(C)Oc2cc3nonc3cc21. The first-order valence-corrected chi connectivity index (χ1v) is 5.70. The van der Waals surface area contributed by atoms with E-state index in [0.717, 1.165) is 0 Å². The first kappa shape index (κ1) is 11.0. The summed E-state index contributed by atoms with van der Waals surface area (Å²) in [4.78, 5) is 13.4. The number of ether oxygens (including phenoxy) is 1. The van der Waals surface area contributed by atoms with Gasteiger partial charge in [0.25, 0.3) is 0 Å². The Morgan fingerprint density at radius 3 is 2.67 bits per heavy atom. The standard InChI is InChI=1S/C12H13N3O3/c1-7(16)15-6-12(2,3)17-11-5-9-8(4-10(11)15)13-18-14-9/h4-5H,6H2,1-3H3. The quantitative estimate of drug-likeness (QED) is 0.709. The van der Waals surface area contributed by atoms with Gasteiger partial charge in [-0.05, 0) is 30.2 Å². The molecule has 0 saturated heterocycles. The number of aromatic nitrogens is 2. The molecule has 2 aromatic rings. The highest BCUT2D eigenvalue weighted by atomic mass is 16.6. The zero-order chi connectivity index (χ0) is 12.9. The highest BCUT2D eigenvalue weighted by molar-refractivity contribution is 5.96. The first-order valence-electron chi connectivity index (χ1n) is 5.70. The van der Waals surface area contributed by atoms with Crippen LogP contribution in [0.3, 0.4) is 0 Å². The molecule has 0 radical (unpaired) electrons. The van der Waals surface area contributed by atoms with E-state index in [1.54, 1.807) is 17.0 Å². The average molecular weight is 247 g/mol. The van der Waals surface area contributed by atoms with Crippen LogP contribution in [-0.4, -0.2) is 28.4 Å². The van der Waals surface area contributed by atoms with E-state index in [0.29, 0.717) is 29.0 Å². The van der Waals surface area contributed by atoms with Crippen molar-refractivity contribution in [3.05, 3.63) is 12.1 Å². The monoisotopic (exact) mass is 247 g/mol. The Kier molecular flexibility index (Phi) is 2.10. The lowest BCUT2D eigenvalue weighted by Crippen LogP contribution is -2.48. The van der Waals surface area contributed by atoms with Gasteiger partial charge in [-0.1, -0.05) is 0 Å². The molecule has 6 heteroatoms. The van der Waals surface area contributed by atoms with Crippen molar-refractivity contribution in [1.29, 1.82) is 0 Å². The Morgan fingerprint density at radius 2 is 2.00 bits per heavy atom. The molecule has 1 aromatic carbocycles. The van der Waals surface area contributed by atoms with Crippen molar-refractivity contribution in [2.24, 2.45) is 0 Å². The normalized spacial score (nSPS) is 17.4. The minimum absolute atomic E-state index is 0.0246. The van der Waals surface area contributed by atoms with E-state index < -0.39 is 5.60 Å². The lowest BCUT2D eigenvalue weighted by molar-refractivity contribution is -0.117. The third-order valence-electron chi connectivity index (χ3n) is 2.93. The number of carbonyl (C=O) groups excluding carboxylic acids is 1. The van der Waals surface area contributed by atoms with E-state index in [4.69, 9.17) is 4.74 Å². The summed E-state index contributed by atoms with van der Waals surface area (Å²) in [6.07, 6.45) is 0. The summed E-state index contributed by atoms with van der Waals surface area (Å²) in [5.74, 6) is 0.605. The molecule has 1 aromatic heterocycles. The summed E-state index contributed by atoms with van der Waals surface area (Å²) in [6, 6.07) is 3.51. The van der Waals surface area contributed by atoms with Gasteiger partial charge in [0.2, 0.25) is 5.91 Å². The number of benzene rings is 1. The van der Waals surface area contributed by atoms with Gasteiger partial charge in [0, 0.05) is 13.0 Å². The molecule has 0 atom stereocenters. The second kappa shape index (κ2) is 3.44. The molecular formula is C12H13N3O3. The second-order valence-corrected chi connectivity index (χ2v) is 5.04. The zero-order valence-corrected chi connectivity index (χ0v) is 10.4. The van der Waals surface area contributed by atoms with Gasteiger partial charge < -0.3 is 9.64 Å². The largest absolute Gasteiger partial charge is 0.484 e. The van der Waals surface area contributed by atoms with Crippen molar-refractivity contribution >= 4 is 22.6 Å². The van der Waals surface area contributed by atoms with Gasteiger partial charge in [-0.2, -0.15) is 0 Å². The summed E-state index contributed by atoms with van der Waals surface area (Å²) < 4.78 is 10.5. The molecule has 0 aliphatic carbocycles. The first-order chi connectivity index (χ1) is 8.46. The maximum Gasteiger partial charge on any atom is 0.224 e. The van der Waals surface area contributed by atoms with Crippen molar-refractivity contribution < 1.29 is 14.2 Å². The Balaban J connectivity index is 2.21. The summed E-state index contributed by atoms with van der Waals surface area (Å²) >= 11 is 0. The fraction of sp³-hybridized carbons (Fsp3) is 0.417. The number of anilines is 1. The van der Waals surface area contributed by atoms with Crippen LogP contribution in [0.1, 0.15) is 20.8 Å². The van der Waals surface area contributed by atoms with E-state index in [9.17, 15) is 4.79 Å². The molecular weight excluding hydrogens is 234 g/mol. The van der Waals surface area contributed by atoms with E-state index in [1.807, 2.05) is 13.8 Å². The minimum atomic E-state index is -0.427. The van der Waals surface area contributed by atoms with Gasteiger partial charge in [-0.15, -0.1) is 0 Å². The molecule has 1 amide bonds. The number of nitrogens with zero attached hydrogens (tertiary/aromatic N) is 3. The molecule has 0 unspecified atom stereocenters. The second-order valence-electron chi connectivity index (χ2n) is 5.04. The molecule has 18 heavy (non-hydrogen) atoms. The smallest absolute Gasteiger partial charge is 0.224 e. The topological polar surface area (TPSA) is 68.5 Å². The van der Waals surface area contributed by atoms with Gasteiger partial charge >= 0.3 is 0 Å². The molecule has 1 aliphatic heterocycles. The maximum atomic E-state index is 11.7. The van der Waals surface area contributed by atoms with Gasteiger partial charge in [-0.3, -0.25) is 4.79 Å². The van der Waals surface area contributed by atoms with Gasteiger partial charge in [0.1, 0.15) is 22.4 Å². The molecule has 6 nitrogen and oxygen atoms in total. The van der Waals surface area contributed by atoms with Crippen molar-refractivity contribution in [3.63, 3.8) is 0 Å². The fourth-order valence-electron chi connectivity index (χ4n) is 2.17. The van der Waals surface area contributed by atoms with E-state index in [2.05, 4.69) is 14.9 Å². The van der Waals surface area contributed by atoms with Crippen LogP contribution in [0.4, 0.5) is 5.69 Å². The van der Waals surface area contributed by atoms with Crippen molar-refractivity contribution in [1.82, 2.24) is 10.3 Å². The van der Waals surface area contributed by atoms with Crippen LogP contribution in [0, 0.1) is 0 Å². The van der Waals surface area contributed by atoms with Crippen molar-refractivity contribution in [2.45, 2.75) is 26.4 Å². The molecule has 2 heterocycles. The lowest BCUT2D eigenvalue weighted by atomic mass is 10.0. The molecule has 0 fully saturated rings. The van der Waals surface area contributed by atoms with E-state index in [1.165, 1.54) is 6.92 Å². The van der Waals surface area contributed by atoms with Crippen LogP contribution in [0.15, 0.2) is 16.8 Å². The van der Waals surface area contributed by atoms with E-state index in [-0.39, 0.29) is 5.91 Å². The Labute approximate surface area is 103 Å². The summed E-state index contributed by atoms with van der Waals surface area (Å²) in [7, 11) is 0. The number of fused-ring (bicyclic) bond motifs is 2. The molecule has 0 bridgehead atoms. The molecule has 0 N–H and O–H groups in total. The molecule has 0 saturated carbocycles. The van der Waals surface area contributed by atoms with Crippen molar-refractivity contribution in [3.8, 4) is 5.75 Å². The van der Waals surface area contributed by atoms with Crippen molar-refractivity contribution in [2.75, 3.05) is 11.4 Å². The fourth-order valence-corrected chi connectivity index (χ4v) is 2.17. The molecule has 1 aliphatic rings. The van der Waals surface area contributed by atoms with Crippen LogP contribution in [0.25, 0.3) is 11.0 Å². The highest BCUT2D eigenvalue weighted by Gasteiger charge is 2.34. The Morgan fingerprint density at radius 1 is 1.33 bits per heavy atom. The predicted octanol–water partition coefficient (Wildman–Crippen LogP) is 1.75. The molecule has 0 spiro atoms. The van der Waals surface area contributed by atoms with Crippen LogP contribution in [-0.2, 0) is 4.79 Å². The zero-order valence-electron chi connectivity index (χ0n) is 10.4. The Hall–Kier alpha value is -2.11. The summed E-state index contributed by atoms with van der Waals surface area (Å²) in [5.41, 5.74) is 1.52. The van der Waals surface area contributed by atoms with Crippen LogP contribution >= 0.6 is 0 Å². The lowest BCUT2D eigenvalue weighted by Gasteiger charge is -2.39. The number of carbonyl (C=O) groups is 1. The predicted molar refractivity (Wildman–Crippen MR) is 64.5 cm³/mol. The van der Waals surface area contributed by atoms with E-state index >= 15 is 0 Å². The minimum Gasteiger partial charge on any atom is -0.484 e. The summed E-state index contributed by atoms with van der Waals surface area (Å²) in [5, 5.41) is 7.55. The molecule has 94 valence electrons. The third-order valence-corrected chi connectivity index (χ3v) is 2.93. The van der Waals surface area contributed by atoms with Gasteiger partial charge in [0.15, 0.2) is 0 Å². The number of hydrogen-bond acceptors (Lipinski definition) is 5. The van der Waals surface area contributed by atoms with Crippen LogP contribution in [0.5, 0.6) is 5.75 Å². The maximum absolute atomic E-state index is 11.7. The van der Waals surface area contributed by atoms with Gasteiger partial charge in [0.05, 0.1) is 12.2 Å². The number of rotatable bonds is 0. The highest BCUT2D eigenvalue weighted by Crippen LogP contribution is 2.39. The number of amides is 1. The number of hydrogen-bond donors (Lipinski definition) is 0. The Bertz CT molecular complexity index is 633. The third kappa shape index (κ3) is 1.61.